The lowest BCUT2D eigenvalue weighted by Crippen LogP contribution is -2.50. The Hall–Kier alpha value is -2.61. The van der Waals surface area contributed by atoms with Gasteiger partial charge in [0.2, 0.25) is 12.7 Å². The second-order valence-corrected chi connectivity index (χ2v) is 9.91. The second kappa shape index (κ2) is 7.72. The summed E-state index contributed by atoms with van der Waals surface area (Å²) in [7, 11) is 0. The number of amides is 1. The van der Waals surface area contributed by atoms with E-state index in [-0.39, 0.29) is 24.8 Å². The Morgan fingerprint density at radius 3 is 2.64 bits per heavy atom. The molecule has 4 heterocycles. The number of carbonyl (C=O) groups is 1. The molecule has 2 fully saturated rings. The lowest BCUT2D eigenvalue weighted by atomic mass is 9.80. The van der Waals surface area contributed by atoms with Gasteiger partial charge in [-0.2, -0.15) is 0 Å². The van der Waals surface area contributed by atoms with Crippen LogP contribution in [0.4, 0.5) is 5.69 Å². The fourth-order valence-corrected chi connectivity index (χ4v) is 6.30. The van der Waals surface area contributed by atoms with Crippen LogP contribution < -0.4 is 14.4 Å². The zero-order valence-corrected chi connectivity index (χ0v) is 18.9. The molecular weight excluding hydrogens is 420 g/mol. The van der Waals surface area contributed by atoms with Gasteiger partial charge in [-0.25, -0.2) is 0 Å². The van der Waals surface area contributed by atoms with Crippen molar-refractivity contribution in [2.45, 2.75) is 62.8 Å². The van der Waals surface area contributed by atoms with Gasteiger partial charge in [-0.3, -0.25) is 9.69 Å². The number of aliphatic hydroxyl groups excluding tert-OH is 1. The van der Waals surface area contributed by atoms with Crippen LogP contribution in [0.15, 0.2) is 36.4 Å². The number of rotatable bonds is 4. The summed E-state index contributed by atoms with van der Waals surface area (Å²) in [5.74, 6) is 1.49. The van der Waals surface area contributed by atoms with E-state index in [1.165, 1.54) is 0 Å². The van der Waals surface area contributed by atoms with Crippen LogP contribution in [0, 0.1) is 0 Å². The SMILES string of the molecule is CC(=O)N1CCc2cc([C@H](O)CN3[C@@H]4CC[C@H]3CC(O)(c3ccc5c(c3)OCO5)C4)ccc21. The smallest absolute Gasteiger partial charge is 0.231 e. The molecule has 7 nitrogen and oxygen atoms in total. The van der Waals surface area contributed by atoms with E-state index >= 15 is 0 Å². The molecule has 0 aliphatic carbocycles. The van der Waals surface area contributed by atoms with E-state index in [2.05, 4.69) is 11.0 Å². The second-order valence-electron chi connectivity index (χ2n) is 9.91. The van der Waals surface area contributed by atoms with Crippen LogP contribution in [0.1, 0.15) is 55.4 Å². The molecule has 2 bridgehead atoms. The molecule has 33 heavy (non-hydrogen) atoms. The average molecular weight is 451 g/mol. The van der Waals surface area contributed by atoms with Crippen molar-refractivity contribution in [3.05, 3.63) is 53.1 Å². The Kier molecular flexibility index (Phi) is 4.90. The van der Waals surface area contributed by atoms with Gasteiger partial charge in [0.15, 0.2) is 11.5 Å². The Balaban J connectivity index is 1.17. The van der Waals surface area contributed by atoms with E-state index < -0.39 is 11.7 Å². The van der Waals surface area contributed by atoms with E-state index in [1.807, 2.05) is 30.3 Å². The first-order chi connectivity index (χ1) is 15.9. The lowest BCUT2D eigenvalue weighted by Gasteiger charge is -2.44. The molecule has 0 spiro atoms. The molecule has 2 N–H and O–H groups in total. The maximum atomic E-state index is 11.8. The number of ether oxygens (including phenoxy) is 2. The first kappa shape index (κ1) is 21.0. The quantitative estimate of drug-likeness (QED) is 0.746. The molecule has 2 saturated heterocycles. The van der Waals surface area contributed by atoms with Crippen molar-refractivity contribution in [1.82, 2.24) is 4.90 Å². The summed E-state index contributed by atoms with van der Waals surface area (Å²) >= 11 is 0. The third-order valence-corrected chi connectivity index (χ3v) is 7.98. The largest absolute Gasteiger partial charge is 0.454 e. The molecule has 6 rings (SSSR count). The minimum atomic E-state index is -0.891. The highest BCUT2D eigenvalue weighted by Gasteiger charge is 2.49. The number of aliphatic hydroxyl groups is 2. The molecule has 4 aliphatic rings. The summed E-state index contributed by atoms with van der Waals surface area (Å²) in [4.78, 5) is 16.0. The van der Waals surface area contributed by atoms with Gasteiger partial charge in [-0.1, -0.05) is 18.2 Å². The van der Waals surface area contributed by atoms with Gasteiger partial charge >= 0.3 is 0 Å². The number of benzene rings is 2. The Bertz CT molecular complexity index is 1090. The zero-order chi connectivity index (χ0) is 22.7. The summed E-state index contributed by atoms with van der Waals surface area (Å²) in [5, 5.41) is 22.7. The standard InChI is InChI=1S/C26H30N2O5/c1-16(29)27-9-8-17-10-18(2-6-22(17)27)23(30)14-28-20-4-5-21(28)13-26(31,12-20)19-3-7-24-25(11-19)33-15-32-24/h2-3,6-7,10-11,20-21,23,30-31H,4-5,8-9,12-15H2,1H3/t20-,21+,23-,26?/m1/s1. The fraction of sp³-hybridized carbons (Fsp3) is 0.500. The van der Waals surface area contributed by atoms with Crippen molar-refractivity contribution in [3.8, 4) is 11.5 Å². The van der Waals surface area contributed by atoms with Gasteiger partial charge in [0.25, 0.3) is 0 Å². The topological polar surface area (TPSA) is 82.5 Å². The lowest BCUT2D eigenvalue weighted by molar-refractivity contribution is -0.116. The van der Waals surface area contributed by atoms with Crippen molar-refractivity contribution >= 4 is 11.6 Å². The van der Waals surface area contributed by atoms with Crippen molar-refractivity contribution in [1.29, 1.82) is 0 Å². The van der Waals surface area contributed by atoms with Crippen LogP contribution in [-0.4, -0.2) is 53.0 Å². The molecule has 4 atom stereocenters. The average Bonchev–Trinajstić information content (AvgIpc) is 3.49. The van der Waals surface area contributed by atoms with E-state index in [0.717, 1.165) is 47.4 Å². The van der Waals surface area contributed by atoms with Crippen LogP contribution in [-0.2, 0) is 16.8 Å². The number of hydrogen-bond donors (Lipinski definition) is 2. The maximum absolute atomic E-state index is 11.8. The highest BCUT2D eigenvalue weighted by Crippen LogP contribution is 2.48. The first-order valence-electron chi connectivity index (χ1n) is 11.9. The van der Waals surface area contributed by atoms with Crippen LogP contribution in [0.5, 0.6) is 11.5 Å². The number of fused-ring (bicyclic) bond motifs is 4. The summed E-state index contributed by atoms with van der Waals surface area (Å²) in [6, 6.07) is 12.2. The van der Waals surface area contributed by atoms with E-state index in [9.17, 15) is 15.0 Å². The molecule has 2 aromatic rings. The predicted octanol–water partition coefficient (Wildman–Crippen LogP) is 2.87. The third kappa shape index (κ3) is 3.50. The molecule has 174 valence electrons. The molecule has 1 unspecified atom stereocenters. The van der Waals surface area contributed by atoms with Gasteiger partial charge in [0.1, 0.15) is 0 Å². The van der Waals surface area contributed by atoms with Crippen LogP contribution in [0.2, 0.25) is 0 Å². The minimum Gasteiger partial charge on any atom is -0.454 e. The van der Waals surface area contributed by atoms with Crippen molar-refractivity contribution < 1.29 is 24.5 Å². The predicted molar refractivity (Wildman–Crippen MR) is 122 cm³/mol. The van der Waals surface area contributed by atoms with Crippen molar-refractivity contribution in [3.63, 3.8) is 0 Å². The van der Waals surface area contributed by atoms with Crippen molar-refractivity contribution in [2.75, 3.05) is 24.8 Å². The maximum Gasteiger partial charge on any atom is 0.231 e. The first-order valence-corrected chi connectivity index (χ1v) is 11.9. The molecule has 0 saturated carbocycles. The van der Waals surface area contributed by atoms with Gasteiger partial charge in [0, 0.05) is 37.8 Å². The van der Waals surface area contributed by atoms with Crippen LogP contribution >= 0.6 is 0 Å². The van der Waals surface area contributed by atoms with Crippen LogP contribution in [0.3, 0.4) is 0 Å². The molecule has 7 heteroatoms. The van der Waals surface area contributed by atoms with Gasteiger partial charge in [0.05, 0.1) is 11.7 Å². The van der Waals surface area contributed by atoms with Gasteiger partial charge < -0.3 is 24.6 Å². The zero-order valence-electron chi connectivity index (χ0n) is 18.9. The molecule has 0 radical (unpaired) electrons. The summed E-state index contributed by atoms with van der Waals surface area (Å²) < 4.78 is 10.9. The molecule has 4 aliphatic heterocycles. The van der Waals surface area contributed by atoms with E-state index in [1.54, 1.807) is 11.8 Å². The number of carbonyl (C=O) groups excluding carboxylic acids is 1. The highest BCUT2D eigenvalue weighted by atomic mass is 16.7. The molecular formula is C26H30N2O5. The number of piperidine rings is 1. The summed E-state index contributed by atoms with van der Waals surface area (Å²) in [5.41, 5.74) is 2.98. The number of nitrogens with zero attached hydrogens (tertiary/aromatic N) is 2. The monoisotopic (exact) mass is 450 g/mol. The van der Waals surface area contributed by atoms with Crippen LogP contribution in [0.25, 0.3) is 0 Å². The van der Waals surface area contributed by atoms with E-state index in [4.69, 9.17) is 9.47 Å². The summed E-state index contributed by atoms with van der Waals surface area (Å²) in [6.07, 6.45) is 3.58. The normalized spacial score (nSPS) is 28.8. The molecule has 0 aromatic heterocycles. The number of hydrogen-bond acceptors (Lipinski definition) is 6. The minimum absolute atomic E-state index is 0.0573. The Morgan fingerprint density at radius 1 is 1.12 bits per heavy atom. The van der Waals surface area contributed by atoms with Gasteiger partial charge in [-0.05, 0) is 67.0 Å². The van der Waals surface area contributed by atoms with E-state index in [0.29, 0.717) is 31.7 Å². The van der Waals surface area contributed by atoms with Crippen molar-refractivity contribution in [2.24, 2.45) is 0 Å². The highest BCUT2D eigenvalue weighted by molar-refractivity contribution is 5.93. The van der Waals surface area contributed by atoms with Gasteiger partial charge in [-0.15, -0.1) is 0 Å². The molecule has 1 amide bonds. The number of anilines is 1. The Labute approximate surface area is 193 Å². The fourth-order valence-electron chi connectivity index (χ4n) is 6.30. The molecule has 2 aromatic carbocycles. The summed E-state index contributed by atoms with van der Waals surface area (Å²) in [6.45, 7) is 3.08. The third-order valence-electron chi connectivity index (χ3n) is 7.98. The Morgan fingerprint density at radius 2 is 1.88 bits per heavy atom.